The molecular formula is C24H17F2N3O3. The minimum Gasteiger partial charge on any atom is -0.452 e. The van der Waals surface area contributed by atoms with E-state index in [-0.39, 0.29) is 29.6 Å². The van der Waals surface area contributed by atoms with Crippen LogP contribution in [0, 0.1) is 11.3 Å². The average Bonchev–Trinajstić information content (AvgIpc) is 3.35. The van der Waals surface area contributed by atoms with Crippen molar-refractivity contribution in [1.82, 2.24) is 9.88 Å². The molecule has 0 radical (unpaired) electrons. The van der Waals surface area contributed by atoms with E-state index in [2.05, 4.69) is 15.8 Å². The molecule has 1 fully saturated rings. The molecule has 1 amide bonds. The van der Waals surface area contributed by atoms with Crippen LogP contribution >= 0.6 is 0 Å². The van der Waals surface area contributed by atoms with Crippen molar-refractivity contribution in [3.63, 3.8) is 0 Å². The zero-order valence-electron chi connectivity index (χ0n) is 16.8. The summed E-state index contributed by atoms with van der Waals surface area (Å²) >= 11 is 0. The average molecular weight is 433 g/mol. The number of furan rings is 1. The summed E-state index contributed by atoms with van der Waals surface area (Å²) in [5, 5.41) is 10.6. The van der Waals surface area contributed by atoms with Crippen LogP contribution in [0.4, 0.5) is 8.78 Å². The van der Waals surface area contributed by atoms with Gasteiger partial charge in [0, 0.05) is 48.6 Å². The Balaban J connectivity index is 1.54. The van der Waals surface area contributed by atoms with Crippen molar-refractivity contribution in [1.29, 1.82) is 5.26 Å². The fourth-order valence-electron chi connectivity index (χ4n) is 4.36. The number of nitriles is 1. The topological polar surface area (TPSA) is 79.4 Å². The SMILES string of the molecule is N#Cc1ccccc1CN1CC(c2ccc(OC(F)F)c3oc4ccncc4c23)CC1=O. The Morgan fingerprint density at radius 1 is 1.25 bits per heavy atom. The normalized spacial score (nSPS) is 16.2. The van der Waals surface area contributed by atoms with Gasteiger partial charge in [-0.2, -0.15) is 14.0 Å². The quantitative estimate of drug-likeness (QED) is 0.444. The molecule has 5 rings (SSSR count). The lowest BCUT2D eigenvalue weighted by Crippen LogP contribution is -2.24. The van der Waals surface area contributed by atoms with E-state index >= 15 is 0 Å². The van der Waals surface area contributed by atoms with E-state index in [0.717, 1.165) is 11.1 Å². The monoisotopic (exact) mass is 433 g/mol. The fraction of sp³-hybridized carbons (Fsp3) is 0.208. The second-order valence-corrected chi connectivity index (χ2v) is 7.65. The number of carbonyl (C=O) groups is 1. The van der Waals surface area contributed by atoms with Crippen LogP contribution in [-0.2, 0) is 11.3 Å². The highest BCUT2D eigenvalue weighted by molar-refractivity contribution is 6.08. The van der Waals surface area contributed by atoms with Crippen LogP contribution in [0.1, 0.15) is 29.0 Å². The molecule has 0 N–H and O–H groups in total. The molecular weight excluding hydrogens is 416 g/mol. The first-order chi connectivity index (χ1) is 15.5. The van der Waals surface area contributed by atoms with Gasteiger partial charge in [0.05, 0.1) is 11.6 Å². The number of hydrogen-bond donors (Lipinski definition) is 0. The third-order valence-corrected chi connectivity index (χ3v) is 5.79. The first kappa shape index (κ1) is 19.9. The Morgan fingerprint density at radius 3 is 2.91 bits per heavy atom. The Kier molecular flexibility index (Phi) is 4.94. The van der Waals surface area contributed by atoms with Crippen LogP contribution in [-0.4, -0.2) is 28.9 Å². The number of aromatic nitrogens is 1. The summed E-state index contributed by atoms with van der Waals surface area (Å²) in [4.78, 5) is 18.7. The summed E-state index contributed by atoms with van der Waals surface area (Å²) in [5.74, 6) is -0.255. The van der Waals surface area contributed by atoms with Crippen molar-refractivity contribution in [2.75, 3.05) is 6.54 Å². The summed E-state index contributed by atoms with van der Waals surface area (Å²) in [6.07, 6.45) is 3.45. The van der Waals surface area contributed by atoms with Crippen molar-refractivity contribution in [3.05, 3.63) is 71.5 Å². The summed E-state index contributed by atoms with van der Waals surface area (Å²) in [6, 6.07) is 14.2. The van der Waals surface area contributed by atoms with E-state index in [4.69, 9.17) is 4.42 Å². The number of nitrogens with zero attached hydrogens (tertiary/aromatic N) is 3. The number of rotatable bonds is 5. The molecule has 1 aliphatic rings. The maximum atomic E-state index is 12.9. The number of alkyl halides is 2. The number of pyridine rings is 1. The Bertz CT molecular complexity index is 1380. The molecule has 160 valence electrons. The number of likely N-dealkylation sites (tertiary alicyclic amines) is 1. The molecule has 1 aliphatic heterocycles. The lowest BCUT2D eigenvalue weighted by Gasteiger charge is -2.18. The van der Waals surface area contributed by atoms with Gasteiger partial charge in [0.15, 0.2) is 11.3 Å². The largest absolute Gasteiger partial charge is 0.452 e. The second kappa shape index (κ2) is 7.93. The van der Waals surface area contributed by atoms with Crippen molar-refractivity contribution in [3.8, 4) is 11.8 Å². The molecule has 2 aromatic heterocycles. The summed E-state index contributed by atoms with van der Waals surface area (Å²) < 4.78 is 36.3. The van der Waals surface area contributed by atoms with Gasteiger partial charge in [-0.1, -0.05) is 24.3 Å². The molecule has 32 heavy (non-hydrogen) atoms. The third kappa shape index (κ3) is 3.42. The molecule has 1 unspecified atom stereocenters. The molecule has 1 atom stereocenters. The number of fused-ring (bicyclic) bond motifs is 3. The molecule has 4 aromatic rings. The number of amides is 1. The third-order valence-electron chi connectivity index (χ3n) is 5.79. The standard InChI is InChI=1S/C24H17F2N3O3/c25-24(26)32-20-6-5-17(22-18-11-28-8-7-19(18)31-23(20)22)16-9-21(30)29(13-16)12-15-4-2-1-3-14(15)10-27/h1-8,11,16,24H,9,12-13H2. The van der Waals surface area contributed by atoms with E-state index in [0.29, 0.717) is 35.0 Å². The highest BCUT2D eigenvalue weighted by Crippen LogP contribution is 2.42. The molecule has 2 aromatic carbocycles. The van der Waals surface area contributed by atoms with E-state index in [1.54, 1.807) is 41.6 Å². The van der Waals surface area contributed by atoms with Gasteiger partial charge in [0.1, 0.15) is 5.58 Å². The highest BCUT2D eigenvalue weighted by atomic mass is 19.3. The van der Waals surface area contributed by atoms with Crippen LogP contribution in [0.15, 0.2) is 59.3 Å². The van der Waals surface area contributed by atoms with E-state index in [1.165, 1.54) is 6.07 Å². The number of halogens is 2. The number of benzene rings is 2. The second-order valence-electron chi connectivity index (χ2n) is 7.65. The predicted octanol–water partition coefficient (Wildman–Crippen LogP) is 4.97. The number of carbonyl (C=O) groups excluding carboxylic acids is 1. The van der Waals surface area contributed by atoms with Crippen LogP contribution in [0.5, 0.6) is 5.75 Å². The minimum atomic E-state index is -2.99. The molecule has 3 heterocycles. The Labute approximate surface area is 181 Å². The molecule has 0 saturated carbocycles. The first-order valence-corrected chi connectivity index (χ1v) is 10.0. The number of ether oxygens (including phenoxy) is 1. The fourth-order valence-corrected chi connectivity index (χ4v) is 4.36. The lowest BCUT2D eigenvalue weighted by molar-refractivity contribution is -0.128. The number of hydrogen-bond acceptors (Lipinski definition) is 5. The minimum absolute atomic E-state index is 0.0327. The van der Waals surface area contributed by atoms with Crippen molar-refractivity contribution in [2.24, 2.45) is 0 Å². The molecule has 6 nitrogen and oxygen atoms in total. The van der Waals surface area contributed by atoms with Gasteiger partial charge in [-0.3, -0.25) is 9.78 Å². The summed E-state index contributed by atoms with van der Waals surface area (Å²) in [5.41, 5.74) is 2.86. The van der Waals surface area contributed by atoms with Gasteiger partial charge in [-0.15, -0.1) is 0 Å². The molecule has 1 saturated heterocycles. The van der Waals surface area contributed by atoms with Crippen LogP contribution in [0.2, 0.25) is 0 Å². The predicted molar refractivity (Wildman–Crippen MR) is 112 cm³/mol. The van der Waals surface area contributed by atoms with Gasteiger partial charge < -0.3 is 14.1 Å². The maximum Gasteiger partial charge on any atom is 0.387 e. The van der Waals surface area contributed by atoms with Gasteiger partial charge >= 0.3 is 6.61 Å². The zero-order valence-corrected chi connectivity index (χ0v) is 16.8. The van der Waals surface area contributed by atoms with Gasteiger partial charge in [0.25, 0.3) is 0 Å². The smallest absolute Gasteiger partial charge is 0.387 e. The van der Waals surface area contributed by atoms with Crippen molar-refractivity contribution >= 4 is 27.8 Å². The van der Waals surface area contributed by atoms with Crippen LogP contribution in [0.3, 0.4) is 0 Å². The zero-order chi connectivity index (χ0) is 22.2. The van der Waals surface area contributed by atoms with E-state index < -0.39 is 6.61 Å². The Morgan fingerprint density at radius 2 is 2.09 bits per heavy atom. The van der Waals surface area contributed by atoms with Crippen molar-refractivity contribution < 1.29 is 22.7 Å². The molecule has 0 bridgehead atoms. The summed E-state index contributed by atoms with van der Waals surface area (Å²) in [7, 11) is 0. The van der Waals surface area contributed by atoms with Gasteiger partial charge in [-0.05, 0) is 29.3 Å². The first-order valence-electron chi connectivity index (χ1n) is 10.0. The molecule has 8 heteroatoms. The molecule has 0 aliphatic carbocycles. The van der Waals surface area contributed by atoms with Crippen LogP contribution < -0.4 is 4.74 Å². The molecule has 0 spiro atoms. The van der Waals surface area contributed by atoms with Crippen LogP contribution in [0.25, 0.3) is 21.9 Å². The van der Waals surface area contributed by atoms with Gasteiger partial charge in [-0.25, -0.2) is 0 Å². The Hall–Kier alpha value is -3.99. The van der Waals surface area contributed by atoms with Gasteiger partial charge in [0.2, 0.25) is 5.91 Å². The van der Waals surface area contributed by atoms with E-state index in [9.17, 15) is 18.8 Å². The van der Waals surface area contributed by atoms with Crippen molar-refractivity contribution in [2.45, 2.75) is 25.5 Å². The maximum absolute atomic E-state index is 12.9. The van der Waals surface area contributed by atoms with E-state index in [1.807, 2.05) is 12.1 Å². The lowest BCUT2D eigenvalue weighted by atomic mass is 9.93. The summed E-state index contributed by atoms with van der Waals surface area (Å²) in [6.45, 7) is -2.21. The highest BCUT2D eigenvalue weighted by Gasteiger charge is 2.33.